The number of hydrogen-bond donors (Lipinski definition) is 2. The van der Waals surface area contributed by atoms with Crippen LogP contribution in [-0.4, -0.2) is 37.0 Å². The number of likely N-dealkylation sites (tertiary alicyclic amines) is 1. The first-order valence-electron chi connectivity index (χ1n) is 8.35. The van der Waals surface area contributed by atoms with Gasteiger partial charge in [-0.3, -0.25) is 9.69 Å². The zero-order valence-electron chi connectivity index (χ0n) is 14.1. The topological polar surface area (TPSA) is 58.4 Å². The zero-order chi connectivity index (χ0) is 16.1. The van der Waals surface area contributed by atoms with Crippen LogP contribution in [0.2, 0.25) is 0 Å². The van der Waals surface area contributed by atoms with Crippen molar-refractivity contribution in [3.8, 4) is 0 Å². The molecule has 0 aromatic heterocycles. The maximum Gasteiger partial charge on any atom is 0.238 e. The second-order valence-corrected chi connectivity index (χ2v) is 6.51. The molecule has 0 aliphatic carbocycles. The molecule has 0 radical (unpaired) electrons. The van der Waals surface area contributed by atoms with Gasteiger partial charge < -0.3 is 11.1 Å². The molecule has 0 spiro atoms. The van der Waals surface area contributed by atoms with Gasteiger partial charge in [-0.1, -0.05) is 32.0 Å². The van der Waals surface area contributed by atoms with E-state index in [4.69, 9.17) is 5.73 Å². The van der Waals surface area contributed by atoms with E-state index in [1.54, 1.807) is 0 Å². The van der Waals surface area contributed by atoms with Gasteiger partial charge in [0, 0.05) is 12.2 Å². The van der Waals surface area contributed by atoms with E-state index in [1.165, 1.54) is 5.56 Å². The Labute approximate surface area is 134 Å². The molecule has 2 unspecified atom stereocenters. The van der Waals surface area contributed by atoms with Crippen molar-refractivity contribution < 1.29 is 4.79 Å². The summed E-state index contributed by atoms with van der Waals surface area (Å²) in [5, 5.41) is 3.11. The Morgan fingerprint density at radius 3 is 2.91 bits per heavy atom. The molecule has 1 aliphatic heterocycles. The molecule has 1 aromatic rings. The standard InChI is InChI=1S/C18H29N3O/c1-4-15-7-5-6-14(3)18(15)20-17(22)12-21-9-8-13(2)16(10-19)11-21/h5-7,13,16H,4,8-12,19H2,1-3H3,(H,20,22). The highest BCUT2D eigenvalue weighted by Crippen LogP contribution is 2.23. The summed E-state index contributed by atoms with van der Waals surface area (Å²) in [6.07, 6.45) is 2.05. The van der Waals surface area contributed by atoms with E-state index in [0.717, 1.165) is 37.2 Å². The lowest BCUT2D eigenvalue weighted by Gasteiger charge is -2.36. The van der Waals surface area contributed by atoms with Gasteiger partial charge in [-0.25, -0.2) is 0 Å². The monoisotopic (exact) mass is 303 g/mol. The van der Waals surface area contributed by atoms with Crippen LogP contribution in [0.4, 0.5) is 5.69 Å². The molecular weight excluding hydrogens is 274 g/mol. The SMILES string of the molecule is CCc1cccc(C)c1NC(=O)CN1CCC(C)C(CN)C1. The molecular formula is C18H29N3O. The minimum absolute atomic E-state index is 0.0781. The number of piperidine rings is 1. The van der Waals surface area contributed by atoms with E-state index in [0.29, 0.717) is 24.9 Å². The minimum atomic E-state index is 0.0781. The van der Waals surface area contributed by atoms with Crippen molar-refractivity contribution in [2.45, 2.75) is 33.6 Å². The molecule has 2 rings (SSSR count). The van der Waals surface area contributed by atoms with Gasteiger partial charge in [0.1, 0.15) is 0 Å². The number of carbonyl (C=O) groups is 1. The summed E-state index contributed by atoms with van der Waals surface area (Å²) >= 11 is 0. The van der Waals surface area contributed by atoms with E-state index < -0.39 is 0 Å². The number of hydrogen-bond acceptors (Lipinski definition) is 3. The van der Waals surface area contributed by atoms with Crippen molar-refractivity contribution in [2.75, 3.05) is 31.5 Å². The predicted octanol–water partition coefficient (Wildman–Crippen LogP) is 2.41. The third-order valence-electron chi connectivity index (χ3n) is 4.87. The molecule has 1 aromatic carbocycles. The van der Waals surface area contributed by atoms with E-state index in [2.05, 4.69) is 30.1 Å². The lowest BCUT2D eigenvalue weighted by Crippen LogP contribution is -2.45. The Balaban J connectivity index is 1.96. The van der Waals surface area contributed by atoms with E-state index >= 15 is 0 Å². The van der Waals surface area contributed by atoms with Gasteiger partial charge in [0.2, 0.25) is 5.91 Å². The number of nitrogens with one attached hydrogen (secondary N) is 1. The van der Waals surface area contributed by atoms with Crippen molar-refractivity contribution in [3.05, 3.63) is 29.3 Å². The predicted molar refractivity (Wildman–Crippen MR) is 92.0 cm³/mol. The fraction of sp³-hybridized carbons (Fsp3) is 0.611. The van der Waals surface area contributed by atoms with Crippen molar-refractivity contribution >= 4 is 11.6 Å². The van der Waals surface area contributed by atoms with Crippen molar-refractivity contribution in [1.29, 1.82) is 0 Å². The lowest BCUT2D eigenvalue weighted by atomic mass is 9.87. The summed E-state index contributed by atoms with van der Waals surface area (Å²) in [5.41, 5.74) is 9.14. The minimum Gasteiger partial charge on any atom is -0.330 e. The third kappa shape index (κ3) is 4.08. The summed E-state index contributed by atoms with van der Waals surface area (Å²) in [6, 6.07) is 6.17. The van der Waals surface area contributed by atoms with Gasteiger partial charge in [-0.05, 0) is 55.8 Å². The normalized spacial score (nSPS) is 22.5. The number of nitrogens with two attached hydrogens (primary N) is 1. The van der Waals surface area contributed by atoms with Crippen LogP contribution in [0.25, 0.3) is 0 Å². The Morgan fingerprint density at radius 2 is 2.23 bits per heavy atom. The van der Waals surface area contributed by atoms with Crippen LogP contribution >= 0.6 is 0 Å². The second kappa shape index (κ2) is 7.75. The maximum atomic E-state index is 12.4. The molecule has 4 heteroatoms. The first-order valence-corrected chi connectivity index (χ1v) is 8.35. The first-order chi connectivity index (χ1) is 10.5. The maximum absolute atomic E-state index is 12.4. The smallest absolute Gasteiger partial charge is 0.238 e. The van der Waals surface area contributed by atoms with Crippen molar-refractivity contribution in [3.63, 3.8) is 0 Å². The second-order valence-electron chi connectivity index (χ2n) is 6.51. The molecule has 2 atom stereocenters. The third-order valence-corrected chi connectivity index (χ3v) is 4.87. The molecule has 1 fully saturated rings. The average molecular weight is 303 g/mol. The van der Waals surface area contributed by atoms with Crippen molar-refractivity contribution in [1.82, 2.24) is 4.90 Å². The number of benzene rings is 1. The largest absolute Gasteiger partial charge is 0.330 e. The fourth-order valence-corrected chi connectivity index (χ4v) is 3.26. The van der Waals surface area contributed by atoms with Crippen LogP contribution in [0, 0.1) is 18.8 Å². The summed E-state index contributed by atoms with van der Waals surface area (Å²) in [7, 11) is 0. The molecule has 3 N–H and O–H groups in total. The van der Waals surface area contributed by atoms with Gasteiger partial charge >= 0.3 is 0 Å². The van der Waals surface area contributed by atoms with Crippen molar-refractivity contribution in [2.24, 2.45) is 17.6 Å². The summed E-state index contributed by atoms with van der Waals surface area (Å²) in [5.74, 6) is 1.24. The number of para-hydroxylation sites is 1. The Bertz CT molecular complexity index is 515. The molecule has 1 aliphatic rings. The molecule has 122 valence electrons. The molecule has 4 nitrogen and oxygen atoms in total. The Kier molecular flexibility index (Phi) is 5.98. The van der Waals surface area contributed by atoms with Crippen LogP contribution in [0.5, 0.6) is 0 Å². The quantitative estimate of drug-likeness (QED) is 0.878. The lowest BCUT2D eigenvalue weighted by molar-refractivity contribution is -0.117. The summed E-state index contributed by atoms with van der Waals surface area (Å²) < 4.78 is 0. The molecule has 1 saturated heterocycles. The number of nitrogens with zero attached hydrogens (tertiary/aromatic N) is 1. The van der Waals surface area contributed by atoms with Crippen LogP contribution < -0.4 is 11.1 Å². The average Bonchev–Trinajstić information content (AvgIpc) is 2.51. The fourth-order valence-electron chi connectivity index (χ4n) is 3.26. The van der Waals surface area contributed by atoms with Crippen LogP contribution in [0.3, 0.4) is 0 Å². The first kappa shape index (κ1) is 17.0. The number of anilines is 1. The molecule has 1 heterocycles. The highest BCUT2D eigenvalue weighted by Gasteiger charge is 2.26. The molecule has 1 amide bonds. The van der Waals surface area contributed by atoms with Crippen LogP contribution in [0.1, 0.15) is 31.4 Å². The molecule has 22 heavy (non-hydrogen) atoms. The molecule has 0 bridgehead atoms. The van der Waals surface area contributed by atoms with Gasteiger partial charge in [0.05, 0.1) is 6.54 Å². The zero-order valence-corrected chi connectivity index (χ0v) is 14.1. The molecule has 0 saturated carbocycles. The Morgan fingerprint density at radius 1 is 1.45 bits per heavy atom. The number of rotatable bonds is 5. The number of carbonyl (C=O) groups excluding carboxylic acids is 1. The van der Waals surface area contributed by atoms with Gasteiger partial charge in [-0.15, -0.1) is 0 Å². The Hall–Kier alpha value is -1.39. The summed E-state index contributed by atoms with van der Waals surface area (Å²) in [6.45, 7) is 9.50. The highest BCUT2D eigenvalue weighted by molar-refractivity contribution is 5.93. The van der Waals surface area contributed by atoms with E-state index in [9.17, 15) is 4.79 Å². The van der Waals surface area contributed by atoms with Gasteiger partial charge in [0.15, 0.2) is 0 Å². The summed E-state index contributed by atoms with van der Waals surface area (Å²) in [4.78, 5) is 14.6. The van der Waals surface area contributed by atoms with E-state index in [-0.39, 0.29) is 5.91 Å². The van der Waals surface area contributed by atoms with Gasteiger partial charge in [-0.2, -0.15) is 0 Å². The van der Waals surface area contributed by atoms with Crippen LogP contribution in [-0.2, 0) is 11.2 Å². The number of aryl methyl sites for hydroxylation is 2. The van der Waals surface area contributed by atoms with E-state index in [1.807, 2.05) is 19.1 Å². The van der Waals surface area contributed by atoms with Gasteiger partial charge in [0.25, 0.3) is 0 Å². The number of amides is 1. The van der Waals surface area contributed by atoms with Crippen LogP contribution in [0.15, 0.2) is 18.2 Å². The highest BCUT2D eigenvalue weighted by atomic mass is 16.2.